The van der Waals surface area contributed by atoms with Crippen LogP contribution in [0, 0.1) is 0 Å². The molecule has 1 saturated heterocycles. The van der Waals surface area contributed by atoms with Gasteiger partial charge in [0.1, 0.15) is 5.75 Å². The summed E-state index contributed by atoms with van der Waals surface area (Å²) in [4.78, 5) is 15.4. The molecule has 2 aromatic carbocycles. The average molecular weight is 443 g/mol. The number of carbonyl (C=O) groups excluding carboxylic acids is 1. The Morgan fingerprint density at radius 2 is 1.71 bits per heavy atom. The second-order valence-corrected chi connectivity index (χ2v) is 10.4. The molecule has 1 aliphatic heterocycles. The fraction of sp³-hybridized carbons (Fsp3) is 0.458. The fourth-order valence-electron chi connectivity index (χ4n) is 4.18. The van der Waals surface area contributed by atoms with E-state index in [9.17, 15) is 13.2 Å². The van der Waals surface area contributed by atoms with Gasteiger partial charge in [-0.25, -0.2) is 8.42 Å². The Morgan fingerprint density at radius 3 is 2.29 bits per heavy atom. The molecule has 1 heterocycles. The molecule has 2 fully saturated rings. The van der Waals surface area contributed by atoms with Crippen LogP contribution in [0.5, 0.6) is 5.75 Å². The summed E-state index contributed by atoms with van der Waals surface area (Å²) in [6, 6.07) is 14.4. The van der Waals surface area contributed by atoms with Crippen LogP contribution in [0.4, 0.5) is 0 Å². The maximum atomic E-state index is 13.2. The molecular formula is C24H30N2O4S. The van der Waals surface area contributed by atoms with Gasteiger partial charge >= 0.3 is 0 Å². The van der Waals surface area contributed by atoms with Crippen LogP contribution < -0.4 is 4.74 Å². The lowest BCUT2D eigenvalue weighted by Crippen LogP contribution is -2.41. The highest BCUT2D eigenvalue weighted by Gasteiger charge is 2.34. The van der Waals surface area contributed by atoms with Crippen LogP contribution in [0.1, 0.15) is 54.9 Å². The van der Waals surface area contributed by atoms with Crippen LogP contribution in [0.15, 0.2) is 53.4 Å². The predicted molar refractivity (Wildman–Crippen MR) is 120 cm³/mol. The molecule has 31 heavy (non-hydrogen) atoms. The van der Waals surface area contributed by atoms with Gasteiger partial charge < -0.3 is 9.64 Å². The standard InChI is InChI=1S/C24H30N2O4S/c1-18-5-3-4-16-26(18)31(28,29)23-14-8-20(9-15-23)24(27)25(21-10-11-21)17-19-6-12-22(30-2)13-7-19/h6-9,12-15,18,21H,3-5,10-11,16-17H2,1-2H3/t18-/m1/s1. The minimum atomic E-state index is -3.54. The van der Waals surface area contributed by atoms with Gasteiger partial charge in [0.05, 0.1) is 12.0 Å². The molecule has 1 saturated carbocycles. The number of nitrogens with zero attached hydrogens (tertiary/aromatic N) is 2. The summed E-state index contributed by atoms with van der Waals surface area (Å²) in [5.74, 6) is 0.724. The van der Waals surface area contributed by atoms with Gasteiger partial charge in [0.2, 0.25) is 10.0 Å². The highest BCUT2D eigenvalue weighted by atomic mass is 32.2. The van der Waals surface area contributed by atoms with Crippen molar-refractivity contribution in [2.45, 2.75) is 62.6 Å². The lowest BCUT2D eigenvalue weighted by molar-refractivity contribution is 0.0730. The first kappa shape index (κ1) is 21.8. The monoisotopic (exact) mass is 442 g/mol. The molecule has 1 amide bonds. The van der Waals surface area contributed by atoms with Crippen LogP contribution >= 0.6 is 0 Å². The van der Waals surface area contributed by atoms with Crippen LogP contribution in [-0.4, -0.2) is 49.3 Å². The van der Waals surface area contributed by atoms with E-state index in [1.54, 1.807) is 35.7 Å². The Labute approximate surface area is 184 Å². The van der Waals surface area contributed by atoms with Gasteiger partial charge in [-0.1, -0.05) is 18.6 Å². The minimum absolute atomic E-state index is 0.00918. The van der Waals surface area contributed by atoms with Crippen molar-refractivity contribution < 1.29 is 17.9 Å². The number of hydrogen-bond acceptors (Lipinski definition) is 4. The van der Waals surface area contributed by atoms with Crippen molar-refractivity contribution in [1.29, 1.82) is 0 Å². The largest absolute Gasteiger partial charge is 0.497 e. The molecule has 0 bridgehead atoms. The number of amides is 1. The third kappa shape index (κ3) is 4.77. The number of benzene rings is 2. The molecule has 0 aromatic heterocycles. The fourth-order valence-corrected chi connectivity index (χ4v) is 5.88. The van der Waals surface area contributed by atoms with Gasteiger partial charge in [0, 0.05) is 30.7 Å². The molecule has 0 radical (unpaired) electrons. The number of piperidine rings is 1. The molecule has 6 nitrogen and oxygen atoms in total. The smallest absolute Gasteiger partial charge is 0.254 e. The molecule has 2 aliphatic rings. The first-order chi connectivity index (χ1) is 14.9. The van der Waals surface area contributed by atoms with Gasteiger partial charge in [-0.2, -0.15) is 4.31 Å². The molecule has 4 rings (SSSR count). The molecule has 0 spiro atoms. The molecule has 0 N–H and O–H groups in total. The van der Waals surface area contributed by atoms with E-state index in [2.05, 4.69) is 0 Å². The van der Waals surface area contributed by atoms with Crippen LogP contribution in [-0.2, 0) is 16.6 Å². The topological polar surface area (TPSA) is 66.9 Å². The second kappa shape index (κ2) is 9.01. The summed E-state index contributed by atoms with van der Waals surface area (Å²) in [6.07, 6.45) is 4.84. The lowest BCUT2D eigenvalue weighted by Gasteiger charge is -2.32. The van der Waals surface area contributed by atoms with E-state index < -0.39 is 10.0 Å². The van der Waals surface area contributed by atoms with E-state index in [1.807, 2.05) is 36.1 Å². The van der Waals surface area contributed by atoms with Gasteiger partial charge in [-0.05, 0) is 74.6 Å². The normalized spacial score (nSPS) is 19.7. The minimum Gasteiger partial charge on any atom is -0.497 e. The molecule has 0 unspecified atom stereocenters. The van der Waals surface area contributed by atoms with Crippen molar-refractivity contribution in [3.63, 3.8) is 0 Å². The zero-order chi connectivity index (χ0) is 22.0. The zero-order valence-electron chi connectivity index (χ0n) is 18.2. The number of sulfonamides is 1. The SMILES string of the molecule is COc1ccc(CN(C(=O)c2ccc(S(=O)(=O)N3CCCC[C@H]3C)cc2)C2CC2)cc1. The Morgan fingerprint density at radius 1 is 1.03 bits per heavy atom. The summed E-state index contributed by atoms with van der Waals surface area (Å²) in [5, 5.41) is 0. The summed E-state index contributed by atoms with van der Waals surface area (Å²) < 4.78 is 32.9. The Bertz CT molecular complexity index is 1010. The highest BCUT2D eigenvalue weighted by molar-refractivity contribution is 7.89. The van der Waals surface area contributed by atoms with E-state index in [0.717, 1.165) is 43.4 Å². The van der Waals surface area contributed by atoms with Crippen molar-refractivity contribution in [3.05, 3.63) is 59.7 Å². The van der Waals surface area contributed by atoms with Crippen LogP contribution in [0.3, 0.4) is 0 Å². The maximum Gasteiger partial charge on any atom is 0.254 e. The zero-order valence-corrected chi connectivity index (χ0v) is 19.0. The third-order valence-corrected chi connectivity index (χ3v) is 8.24. The first-order valence-corrected chi connectivity index (χ1v) is 12.4. The van der Waals surface area contributed by atoms with E-state index in [4.69, 9.17) is 4.74 Å². The van der Waals surface area contributed by atoms with Gasteiger partial charge in [-0.15, -0.1) is 0 Å². The third-order valence-electron chi connectivity index (χ3n) is 6.21. The van der Waals surface area contributed by atoms with E-state index >= 15 is 0 Å². The summed E-state index contributed by atoms with van der Waals surface area (Å²) >= 11 is 0. The van der Waals surface area contributed by atoms with Gasteiger partial charge in [-0.3, -0.25) is 4.79 Å². The van der Waals surface area contributed by atoms with Crippen LogP contribution in [0.2, 0.25) is 0 Å². The van der Waals surface area contributed by atoms with Crippen molar-refractivity contribution in [2.75, 3.05) is 13.7 Å². The molecule has 166 valence electrons. The van der Waals surface area contributed by atoms with E-state index in [1.165, 1.54) is 0 Å². The second-order valence-electron chi connectivity index (χ2n) is 8.50. The molecule has 1 aliphatic carbocycles. The maximum absolute atomic E-state index is 13.2. The molecule has 7 heteroatoms. The number of ether oxygens (including phenoxy) is 1. The summed E-state index contributed by atoms with van der Waals surface area (Å²) in [6.45, 7) is 3.04. The quantitative estimate of drug-likeness (QED) is 0.649. The molecule has 1 atom stereocenters. The van der Waals surface area contributed by atoms with E-state index in [-0.39, 0.29) is 22.9 Å². The van der Waals surface area contributed by atoms with Crippen molar-refractivity contribution in [1.82, 2.24) is 9.21 Å². The highest BCUT2D eigenvalue weighted by Crippen LogP contribution is 2.31. The Balaban J connectivity index is 1.50. The number of carbonyl (C=O) groups is 1. The first-order valence-electron chi connectivity index (χ1n) is 11.0. The van der Waals surface area contributed by atoms with Crippen molar-refractivity contribution in [2.24, 2.45) is 0 Å². The summed E-state index contributed by atoms with van der Waals surface area (Å²) in [7, 11) is -1.91. The van der Waals surface area contributed by atoms with Crippen molar-refractivity contribution in [3.8, 4) is 5.75 Å². The predicted octanol–water partition coefficient (Wildman–Crippen LogP) is 4.06. The van der Waals surface area contributed by atoms with Gasteiger partial charge in [0.25, 0.3) is 5.91 Å². The Hall–Kier alpha value is -2.38. The average Bonchev–Trinajstić information content (AvgIpc) is 3.63. The van der Waals surface area contributed by atoms with E-state index in [0.29, 0.717) is 18.7 Å². The number of rotatable bonds is 7. The lowest BCUT2D eigenvalue weighted by atomic mass is 10.1. The Kier molecular flexibility index (Phi) is 6.34. The van der Waals surface area contributed by atoms with Crippen LogP contribution in [0.25, 0.3) is 0 Å². The molecular weight excluding hydrogens is 412 g/mol. The van der Waals surface area contributed by atoms with Crippen molar-refractivity contribution >= 4 is 15.9 Å². The molecule has 2 aromatic rings. The summed E-state index contributed by atoms with van der Waals surface area (Å²) in [5.41, 5.74) is 1.56. The van der Waals surface area contributed by atoms with Gasteiger partial charge in [0.15, 0.2) is 0 Å². The number of hydrogen-bond donors (Lipinski definition) is 0. The number of methoxy groups -OCH3 is 1.